The van der Waals surface area contributed by atoms with Crippen LogP contribution >= 0.6 is 11.6 Å². The Morgan fingerprint density at radius 1 is 1.20 bits per heavy atom. The number of hydrogen-bond donors (Lipinski definition) is 1. The number of nitrogens with one attached hydrogen (secondary N) is 1. The molecule has 0 aromatic heterocycles. The second kappa shape index (κ2) is 7.90. The predicted molar refractivity (Wildman–Crippen MR) is 90.8 cm³/mol. The first kappa shape index (κ1) is 17.3. The molecule has 0 unspecified atom stereocenters. The largest absolute Gasteiger partial charge is 0.374 e. The number of anilines is 1. The number of halogens is 1. The van der Waals surface area contributed by atoms with Gasteiger partial charge >= 0.3 is 0 Å². The van der Waals surface area contributed by atoms with Crippen molar-refractivity contribution in [2.45, 2.75) is 59.0 Å². The average Bonchev–Trinajstić information content (AvgIpc) is 2.36. The standard InChI is InChI=1S/C17H29ClN2/c1-6-7-8-12-20(5)16-11-9-10-15(18)14(16)13-19-17(2,3)4/h9-11,19H,6-8,12-13H2,1-5H3. The lowest BCUT2D eigenvalue weighted by Gasteiger charge is -2.26. The first-order chi connectivity index (χ1) is 9.35. The molecule has 0 heterocycles. The fourth-order valence-corrected chi connectivity index (χ4v) is 2.39. The molecule has 3 heteroatoms. The molecule has 0 atom stereocenters. The van der Waals surface area contributed by atoms with Crippen molar-refractivity contribution >= 4 is 17.3 Å². The van der Waals surface area contributed by atoms with Crippen LogP contribution in [0.1, 0.15) is 52.5 Å². The molecule has 0 aliphatic heterocycles. The number of rotatable bonds is 7. The third-order valence-corrected chi connectivity index (χ3v) is 3.75. The highest BCUT2D eigenvalue weighted by atomic mass is 35.5. The minimum absolute atomic E-state index is 0.0945. The topological polar surface area (TPSA) is 15.3 Å². The van der Waals surface area contributed by atoms with Gasteiger partial charge in [-0.1, -0.05) is 37.4 Å². The summed E-state index contributed by atoms with van der Waals surface area (Å²) in [5.74, 6) is 0. The average molecular weight is 297 g/mol. The van der Waals surface area contributed by atoms with Crippen LogP contribution in [0.25, 0.3) is 0 Å². The molecule has 0 radical (unpaired) electrons. The Balaban J connectivity index is 2.81. The van der Waals surface area contributed by atoms with E-state index in [0.717, 1.165) is 18.1 Å². The third-order valence-electron chi connectivity index (χ3n) is 3.40. The monoisotopic (exact) mass is 296 g/mol. The first-order valence-electron chi connectivity index (χ1n) is 7.58. The lowest BCUT2D eigenvalue weighted by molar-refractivity contribution is 0.424. The van der Waals surface area contributed by atoms with Crippen LogP contribution < -0.4 is 10.2 Å². The zero-order valence-electron chi connectivity index (χ0n) is 13.6. The fraction of sp³-hybridized carbons (Fsp3) is 0.647. The second-order valence-electron chi connectivity index (χ2n) is 6.47. The SMILES string of the molecule is CCCCCN(C)c1cccc(Cl)c1CNC(C)(C)C. The van der Waals surface area contributed by atoms with Crippen LogP contribution in [0.5, 0.6) is 0 Å². The highest BCUT2D eigenvalue weighted by Gasteiger charge is 2.14. The summed E-state index contributed by atoms with van der Waals surface area (Å²) in [7, 11) is 2.15. The molecule has 2 nitrogen and oxygen atoms in total. The van der Waals surface area contributed by atoms with Gasteiger partial charge in [-0.05, 0) is 39.3 Å². The lowest BCUT2D eigenvalue weighted by atomic mass is 10.1. The molecule has 1 aromatic rings. The summed E-state index contributed by atoms with van der Waals surface area (Å²) in [6.07, 6.45) is 3.76. The molecule has 0 aliphatic carbocycles. The van der Waals surface area contributed by atoms with Gasteiger partial charge in [0.1, 0.15) is 0 Å². The quantitative estimate of drug-likeness (QED) is 0.723. The van der Waals surface area contributed by atoms with E-state index in [4.69, 9.17) is 11.6 Å². The molecule has 0 fully saturated rings. The molecular formula is C17H29ClN2. The van der Waals surface area contributed by atoms with E-state index < -0.39 is 0 Å². The summed E-state index contributed by atoms with van der Waals surface area (Å²) in [4.78, 5) is 2.32. The second-order valence-corrected chi connectivity index (χ2v) is 6.88. The molecule has 1 rings (SSSR count). The van der Waals surface area contributed by atoms with Gasteiger partial charge in [0.25, 0.3) is 0 Å². The number of benzene rings is 1. The Morgan fingerprint density at radius 3 is 2.50 bits per heavy atom. The Morgan fingerprint density at radius 2 is 1.90 bits per heavy atom. The molecule has 0 amide bonds. The van der Waals surface area contributed by atoms with Crippen LogP contribution in [0.4, 0.5) is 5.69 Å². The van der Waals surface area contributed by atoms with Gasteiger partial charge in [0.15, 0.2) is 0 Å². The van der Waals surface area contributed by atoms with Crippen LogP contribution in [0, 0.1) is 0 Å². The van der Waals surface area contributed by atoms with Crippen molar-refractivity contribution in [3.05, 3.63) is 28.8 Å². The molecule has 0 saturated carbocycles. The van der Waals surface area contributed by atoms with Gasteiger partial charge in [-0.15, -0.1) is 0 Å². The molecule has 0 spiro atoms. The van der Waals surface area contributed by atoms with Gasteiger partial charge in [0.2, 0.25) is 0 Å². The van der Waals surface area contributed by atoms with E-state index in [1.165, 1.54) is 30.5 Å². The van der Waals surface area contributed by atoms with Crippen molar-refractivity contribution in [3.63, 3.8) is 0 Å². The van der Waals surface area contributed by atoms with Gasteiger partial charge in [-0.25, -0.2) is 0 Å². The highest BCUT2D eigenvalue weighted by Crippen LogP contribution is 2.27. The van der Waals surface area contributed by atoms with Crippen LogP contribution in [0.3, 0.4) is 0 Å². The summed E-state index contributed by atoms with van der Waals surface area (Å²) in [5.41, 5.74) is 2.53. The molecule has 114 valence electrons. The third kappa shape index (κ3) is 5.72. The molecule has 1 N–H and O–H groups in total. The van der Waals surface area contributed by atoms with Crippen molar-refractivity contribution in [3.8, 4) is 0 Å². The van der Waals surface area contributed by atoms with E-state index in [2.05, 4.69) is 51.0 Å². The van der Waals surface area contributed by atoms with E-state index in [-0.39, 0.29) is 5.54 Å². The molecule has 0 aliphatic rings. The Kier molecular flexibility index (Phi) is 6.84. The van der Waals surface area contributed by atoms with Gasteiger partial charge in [0, 0.05) is 41.9 Å². The van der Waals surface area contributed by atoms with E-state index in [1.807, 2.05) is 12.1 Å². The maximum atomic E-state index is 6.40. The van der Waals surface area contributed by atoms with Crippen molar-refractivity contribution in [2.75, 3.05) is 18.5 Å². The number of unbranched alkanes of at least 4 members (excludes halogenated alkanes) is 2. The normalized spacial score (nSPS) is 11.7. The van der Waals surface area contributed by atoms with Crippen LogP contribution in [-0.2, 0) is 6.54 Å². The van der Waals surface area contributed by atoms with Crippen LogP contribution in [-0.4, -0.2) is 19.1 Å². The van der Waals surface area contributed by atoms with Gasteiger partial charge in [-0.3, -0.25) is 0 Å². The highest BCUT2D eigenvalue weighted by molar-refractivity contribution is 6.31. The maximum absolute atomic E-state index is 6.40. The maximum Gasteiger partial charge on any atom is 0.0471 e. The van der Waals surface area contributed by atoms with Crippen LogP contribution in [0.2, 0.25) is 5.02 Å². The van der Waals surface area contributed by atoms with E-state index >= 15 is 0 Å². The van der Waals surface area contributed by atoms with E-state index in [1.54, 1.807) is 0 Å². The zero-order chi connectivity index (χ0) is 15.2. The molecular weight excluding hydrogens is 268 g/mol. The minimum atomic E-state index is 0.0945. The smallest absolute Gasteiger partial charge is 0.0471 e. The van der Waals surface area contributed by atoms with Gasteiger partial charge < -0.3 is 10.2 Å². The number of hydrogen-bond acceptors (Lipinski definition) is 2. The Bertz CT molecular complexity index is 410. The summed E-state index contributed by atoms with van der Waals surface area (Å²) >= 11 is 6.40. The summed E-state index contributed by atoms with van der Waals surface area (Å²) in [5, 5.41) is 4.38. The predicted octanol–water partition coefficient (Wildman–Crippen LogP) is 4.85. The Hall–Kier alpha value is -0.730. The van der Waals surface area contributed by atoms with E-state index in [9.17, 15) is 0 Å². The first-order valence-corrected chi connectivity index (χ1v) is 7.96. The van der Waals surface area contributed by atoms with Crippen LogP contribution in [0.15, 0.2) is 18.2 Å². The van der Waals surface area contributed by atoms with Crippen molar-refractivity contribution in [1.82, 2.24) is 5.32 Å². The lowest BCUT2D eigenvalue weighted by Crippen LogP contribution is -2.35. The summed E-state index contributed by atoms with van der Waals surface area (Å²) in [6.45, 7) is 10.6. The van der Waals surface area contributed by atoms with Crippen molar-refractivity contribution in [1.29, 1.82) is 0 Å². The molecule has 0 saturated heterocycles. The molecule has 20 heavy (non-hydrogen) atoms. The van der Waals surface area contributed by atoms with E-state index in [0.29, 0.717) is 0 Å². The summed E-state index contributed by atoms with van der Waals surface area (Å²) in [6, 6.07) is 6.18. The summed E-state index contributed by atoms with van der Waals surface area (Å²) < 4.78 is 0. The fourth-order valence-electron chi connectivity index (χ4n) is 2.15. The number of nitrogens with zero attached hydrogens (tertiary/aromatic N) is 1. The minimum Gasteiger partial charge on any atom is -0.374 e. The van der Waals surface area contributed by atoms with Gasteiger partial charge in [-0.2, -0.15) is 0 Å². The zero-order valence-corrected chi connectivity index (χ0v) is 14.3. The van der Waals surface area contributed by atoms with Crippen molar-refractivity contribution in [2.24, 2.45) is 0 Å². The van der Waals surface area contributed by atoms with Crippen molar-refractivity contribution < 1.29 is 0 Å². The molecule has 1 aromatic carbocycles. The Labute approximate surface area is 129 Å². The van der Waals surface area contributed by atoms with Gasteiger partial charge in [0.05, 0.1) is 0 Å². The molecule has 0 bridgehead atoms.